The van der Waals surface area contributed by atoms with Crippen LogP contribution in [0.5, 0.6) is 0 Å². The summed E-state index contributed by atoms with van der Waals surface area (Å²) < 4.78 is 0. The summed E-state index contributed by atoms with van der Waals surface area (Å²) >= 11 is 0. The standard InChI is InChI=1S/C57H103NO3/c1-3-5-7-9-11-13-15-17-19-21-23-25-27-28-29-31-32-34-36-38-40-42-44-46-48-50-52-56(60)55(54-59)58-57(61)53-51-49-47-45-43-41-39-37-35-33-30-26-24-22-20-18-16-14-12-10-8-6-4-2/h16,18,22,24,30,33-34,36,42,44,50,52,55-56,59-60H,3-15,17,19-21,23,25-29,31-32,35,37-41,43,45-49,51,53-54H2,1-2H3,(H,58,61)/b18-16-,24-22-,33-30-,36-34+,44-42+,52-50+. The van der Waals surface area contributed by atoms with Crippen molar-refractivity contribution in [3.63, 3.8) is 0 Å². The van der Waals surface area contributed by atoms with Crippen LogP contribution in [-0.4, -0.2) is 34.9 Å². The molecule has 0 saturated carbocycles. The Labute approximate surface area is 380 Å². The minimum atomic E-state index is -0.878. The summed E-state index contributed by atoms with van der Waals surface area (Å²) in [7, 11) is 0. The van der Waals surface area contributed by atoms with Crippen molar-refractivity contribution in [1.29, 1.82) is 0 Å². The number of carbonyl (C=O) groups is 1. The highest BCUT2D eigenvalue weighted by Crippen LogP contribution is 2.15. The maximum absolute atomic E-state index is 12.4. The van der Waals surface area contributed by atoms with Gasteiger partial charge in [0, 0.05) is 6.42 Å². The molecule has 2 atom stereocenters. The molecule has 2 unspecified atom stereocenters. The van der Waals surface area contributed by atoms with E-state index in [2.05, 4.69) is 79.9 Å². The van der Waals surface area contributed by atoms with Crippen molar-refractivity contribution >= 4 is 5.91 Å². The fraction of sp³-hybridized carbons (Fsp3) is 0.772. The van der Waals surface area contributed by atoms with Crippen molar-refractivity contribution < 1.29 is 15.0 Å². The Kier molecular flexibility index (Phi) is 50.3. The Balaban J connectivity index is 3.62. The molecule has 3 N–H and O–H groups in total. The van der Waals surface area contributed by atoms with Gasteiger partial charge in [0.15, 0.2) is 0 Å². The summed E-state index contributed by atoms with van der Waals surface area (Å²) in [4.78, 5) is 12.4. The second-order valence-corrected chi connectivity index (χ2v) is 17.9. The third kappa shape index (κ3) is 48.7. The fourth-order valence-corrected chi connectivity index (χ4v) is 7.81. The van der Waals surface area contributed by atoms with Crippen LogP contribution in [0.1, 0.15) is 264 Å². The number of aliphatic hydroxyl groups is 2. The minimum absolute atomic E-state index is 0.0858. The summed E-state index contributed by atoms with van der Waals surface area (Å²) in [5, 5.41) is 23.1. The molecular formula is C57H103NO3. The summed E-state index contributed by atoms with van der Waals surface area (Å²) in [5.74, 6) is -0.0858. The van der Waals surface area contributed by atoms with Crippen LogP contribution < -0.4 is 5.32 Å². The lowest BCUT2D eigenvalue weighted by atomic mass is 10.0. The predicted molar refractivity (Wildman–Crippen MR) is 271 cm³/mol. The molecule has 4 nitrogen and oxygen atoms in total. The number of hydrogen-bond donors (Lipinski definition) is 3. The molecule has 4 heteroatoms. The average molecular weight is 850 g/mol. The Bertz CT molecular complexity index is 1050. The van der Waals surface area contributed by atoms with Crippen LogP contribution >= 0.6 is 0 Å². The molecule has 0 aliphatic heterocycles. The van der Waals surface area contributed by atoms with E-state index in [-0.39, 0.29) is 12.5 Å². The quantitative estimate of drug-likeness (QED) is 0.0422. The van der Waals surface area contributed by atoms with Gasteiger partial charge in [0.05, 0.1) is 18.8 Å². The van der Waals surface area contributed by atoms with Gasteiger partial charge in [0.1, 0.15) is 0 Å². The van der Waals surface area contributed by atoms with Gasteiger partial charge in [-0.1, -0.05) is 247 Å². The van der Waals surface area contributed by atoms with Crippen molar-refractivity contribution in [2.75, 3.05) is 6.61 Å². The first kappa shape index (κ1) is 58.8. The number of allylic oxidation sites excluding steroid dienone is 11. The molecule has 0 saturated heterocycles. The van der Waals surface area contributed by atoms with Gasteiger partial charge in [-0.05, 0) is 83.5 Å². The van der Waals surface area contributed by atoms with Crippen molar-refractivity contribution in [2.24, 2.45) is 0 Å². The minimum Gasteiger partial charge on any atom is -0.394 e. The molecule has 0 aliphatic carbocycles. The van der Waals surface area contributed by atoms with Crippen molar-refractivity contribution in [3.05, 3.63) is 72.9 Å². The Morgan fingerprint density at radius 3 is 1.07 bits per heavy atom. The molecule has 0 aliphatic rings. The van der Waals surface area contributed by atoms with Gasteiger partial charge < -0.3 is 15.5 Å². The zero-order valence-electron chi connectivity index (χ0n) is 40.7. The molecular weight excluding hydrogens is 747 g/mol. The summed E-state index contributed by atoms with van der Waals surface area (Å²) in [6.45, 7) is 4.29. The fourth-order valence-electron chi connectivity index (χ4n) is 7.81. The van der Waals surface area contributed by atoms with E-state index >= 15 is 0 Å². The molecule has 61 heavy (non-hydrogen) atoms. The second kappa shape index (κ2) is 52.2. The van der Waals surface area contributed by atoms with E-state index in [1.807, 2.05) is 6.08 Å². The number of rotatable bonds is 48. The van der Waals surface area contributed by atoms with Crippen LogP contribution in [0.3, 0.4) is 0 Å². The zero-order chi connectivity index (χ0) is 44.2. The zero-order valence-corrected chi connectivity index (χ0v) is 40.7. The van der Waals surface area contributed by atoms with E-state index in [0.717, 1.165) is 57.8 Å². The maximum Gasteiger partial charge on any atom is 0.220 e. The van der Waals surface area contributed by atoms with Gasteiger partial charge in [0.2, 0.25) is 5.91 Å². The molecule has 354 valence electrons. The number of amides is 1. The van der Waals surface area contributed by atoms with Gasteiger partial charge in [-0.2, -0.15) is 0 Å². The predicted octanol–water partition coefficient (Wildman–Crippen LogP) is 17.4. The van der Waals surface area contributed by atoms with Gasteiger partial charge in [-0.25, -0.2) is 0 Å². The summed E-state index contributed by atoms with van der Waals surface area (Å²) in [6.07, 6.45) is 74.7. The lowest BCUT2D eigenvalue weighted by molar-refractivity contribution is -0.123. The van der Waals surface area contributed by atoms with Gasteiger partial charge in [-0.15, -0.1) is 0 Å². The molecule has 1 amide bonds. The van der Waals surface area contributed by atoms with Crippen LogP contribution in [0.25, 0.3) is 0 Å². The normalized spacial score (nSPS) is 13.4. The maximum atomic E-state index is 12.4. The molecule has 0 bridgehead atoms. The molecule has 0 fully saturated rings. The second-order valence-electron chi connectivity index (χ2n) is 17.9. The van der Waals surface area contributed by atoms with E-state index in [9.17, 15) is 15.0 Å². The van der Waals surface area contributed by atoms with Gasteiger partial charge in [-0.3, -0.25) is 4.79 Å². The Morgan fingerprint density at radius 2 is 0.689 bits per heavy atom. The number of nitrogens with one attached hydrogen (secondary N) is 1. The van der Waals surface area contributed by atoms with Crippen LogP contribution in [-0.2, 0) is 4.79 Å². The largest absolute Gasteiger partial charge is 0.394 e. The van der Waals surface area contributed by atoms with E-state index < -0.39 is 12.1 Å². The Hall–Kier alpha value is -2.17. The van der Waals surface area contributed by atoms with Crippen LogP contribution in [0.4, 0.5) is 0 Å². The third-order valence-corrected chi connectivity index (χ3v) is 11.9. The van der Waals surface area contributed by atoms with Crippen LogP contribution in [0.15, 0.2) is 72.9 Å². The van der Waals surface area contributed by atoms with Crippen LogP contribution in [0.2, 0.25) is 0 Å². The highest BCUT2D eigenvalue weighted by molar-refractivity contribution is 5.76. The topological polar surface area (TPSA) is 69.6 Å². The van der Waals surface area contributed by atoms with Crippen molar-refractivity contribution in [3.8, 4) is 0 Å². The SMILES string of the molecule is CCCCCCC/C=C\C/C=C\C/C=C\CCCCCCCCCCC(=O)NC(CO)C(O)/C=C/CC/C=C/CC/C=C/CCCCCCCCCCCCCCCCCC. The number of unbranched alkanes of at least 4 members (excludes halogenated alkanes) is 31. The number of carbonyl (C=O) groups excluding carboxylic acids is 1. The molecule has 0 heterocycles. The molecule has 0 radical (unpaired) electrons. The highest BCUT2D eigenvalue weighted by atomic mass is 16.3. The average Bonchev–Trinajstić information content (AvgIpc) is 3.26. The van der Waals surface area contributed by atoms with Crippen LogP contribution in [0, 0.1) is 0 Å². The van der Waals surface area contributed by atoms with E-state index in [0.29, 0.717) is 6.42 Å². The monoisotopic (exact) mass is 850 g/mol. The first-order valence-corrected chi connectivity index (χ1v) is 26.7. The molecule has 0 aromatic heterocycles. The highest BCUT2D eigenvalue weighted by Gasteiger charge is 2.17. The summed E-state index contributed by atoms with van der Waals surface area (Å²) in [6, 6.07) is -0.654. The van der Waals surface area contributed by atoms with Crippen molar-refractivity contribution in [2.45, 2.75) is 276 Å². The van der Waals surface area contributed by atoms with E-state index in [4.69, 9.17) is 0 Å². The number of aliphatic hydroxyl groups excluding tert-OH is 2. The van der Waals surface area contributed by atoms with Gasteiger partial charge in [0.25, 0.3) is 0 Å². The lowest BCUT2D eigenvalue weighted by Gasteiger charge is -2.19. The number of hydrogen-bond acceptors (Lipinski definition) is 3. The summed E-state index contributed by atoms with van der Waals surface area (Å²) in [5.41, 5.74) is 0. The smallest absolute Gasteiger partial charge is 0.220 e. The third-order valence-electron chi connectivity index (χ3n) is 11.9. The van der Waals surface area contributed by atoms with Gasteiger partial charge >= 0.3 is 0 Å². The molecule has 0 aromatic rings. The lowest BCUT2D eigenvalue weighted by Crippen LogP contribution is -2.45. The molecule has 0 spiro atoms. The first-order chi connectivity index (χ1) is 30.2. The molecule has 0 aromatic carbocycles. The first-order valence-electron chi connectivity index (χ1n) is 26.7. The Morgan fingerprint density at radius 1 is 0.393 bits per heavy atom. The van der Waals surface area contributed by atoms with Crippen molar-refractivity contribution in [1.82, 2.24) is 5.32 Å². The molecule has 0 rings (SSSR count). The van der Waals surface area contributed by atoms with E-state index in [1.54, 1.807) is 6.08 Å². The van der Waals surface area contributed by atoms with E-state index in [1.165, 1.54) is 186 Å².